The predicted molar refractivity (Wildman–Crippen MR) is 85.6 cm³/mol. The van der Waals surface area contributed by atoms with Crippen molar-refractivity contribution in [1.29, 1.82) is 0 Å². The maximum absolute atomic E-state index is 12.4. The molecule has 0 atom stereocenters. The van der Waals surface area contributed by atoms with Crippen LogP contribution in [0.15, 0.2) is 34.1 Å². The zero-order valence-corrected chi connectivity index (χ0v) is 14.6. The molecule has 1 heterocycles. The Morgan fingerprint density at radius 1 is 0.958 bits per heavy atom. The minimum Gasteiger partial charge on any atom is -0.277 e. The molecule has 0 spiro atoms. The van der Waals surface area contributed by atoms with Gasteiger partial charge in [0.15, 0.2) is 0 Å². The molecule has 0 bridgehead atoms. The first-order chi connectivity index (χ1) is 11.3. The lowest BCUT2D eigenvalue weighted by Crippen LogP contribution is -2.42. The Balaban J connectivity index is 1.72. The van der Waals surface area contributed by atoms with E-state index in [4.69, 9.17) is 0 Å². The van der Waals surface area contributed by atoms with E-state index < -0.39 is 20.0 Å². The number of benzene rings is 1. The van der Waals surface area contributed by atoms with Gasteiger partial charge >= 0.3 is 0 Å². The molecule has 1 aliphatic carbocycles. The van der Waals surface area contributed by atoms with Crippen LogP contribution < -0.4 is 10.3 Å². The fraction of sp³-hybridized carbons (Fsp3) is 0.500. The van der Waals surface area contributed by atoms with E-state index in [0.717, 1.165) is 25.7 Å². The second-order valence-corrected chi connectivity index (χ2v) is 9.57. The smallest absolute Gasteiger partial charge is 0.257 e. The van der Waals surface area contributed by atoms with Crippen molar-refractivity contribution in [2.24, 2.45) is 5.92 Å². The van der Waals surface area contributed by atoms with Crippen molar-refractivity contribution in [2.75, 3.05) is 13.1 Å². The number of hydrogen-bond donors (Lipinski definition) is 2. The summed E-state index contributed by atoms with van der Waals surface area (Å²) in [5.74, 6) is -0.479. The van der Waals surface area contributed by atoms with E-state index >= 15 is 0 Å². The zero-order chi connectivity index (χ0) is 17.4. The Kier molecular flexibility index (Phi) is 4.65. The lowest BCUT2D eigenvalue weighted by Gasteiger charge is -2.15. The summed E-state index contributed by atoms with van der Waals surface area (Å²) in [5.41, 5.74) is 2.17. The quantitative estimate of drug-likeness (QED) is 0.691. The van der Waals surface area contributed by atoms with Gasteiger partial charge in [-0.2, -0.15) is 4.31 Å². The van der Waals surface area contributed by atoms with Crippen LogP contribution in [0.3, 0.4) is 0 Å². The molecule has 1 aromatic carbocycles. The van der Waals surface area contributed by atoms with Crippen LogP contribution in [0.2, 0.25) is 0 Å². The van der Waals surface area contributed by atoms with Crippen molar-refractivity contribution in [2.45, 2.75) is 35.5 Å². The summed E-state index contributed by atoms with van der Waals surface area (Å²) in [5, 5.41) is 0. The number of sulfonamides is 2. The summed E-state index contributed by atoms with van der Waals surface area (Å²) in [6.45, 7) is 0.967. The van der Waals surface area contributed by atoms with Crippen molar-refractivity contribution in [3.8, 4) is 0 Å². The molecule has 1 aromatic rings. The Labute approximate surface area is 141 Å². The molecule has 2 aliphatic rings. The number of amides is 1. The molecule has 2 fully saturated rings. The Morgan fingerprint density at radius 2 is 1.50 bits per heavy atom. The molecular weight excluding hydrogens is 354 g/mol. The Hall–Kier alpha value is -1.49. The molecule has 2 N–H and O–H groups in total. The molecule has 3 rings (SSSR count). The van der Waals surface area contributed by atoms with Gasteiger partial charge in [0.1, 0.15) is 0 Å². The summed E-state index contributed by atoms with van der Waals surface area (Å²) in [6.07, 6.45) is 3.18. The highest BCUT2D eigenvalue weighted by Crippen LogP contribution is 2.28. The van der Waals surface area contributed by atoms with Crippen LogP contribution in [-0.4, -0.2) is 40.1 Å². The molecular formula is C14H19N3O5S2. The highest BCUT2D eigenvalue weighted by molar-refractivity contribution is 7.89. The van der Waals surface area contributed by atoms with E-state index in [1.165, 1.54) is 28.6 Å². The lowest BCUT2D eigenvalue weighted by molar-refractivity contribution is -0.122. The SMILES string of the molecule is O=C(NNS(=O)(=O)c1ccc(S(=O)(=O)N2CCCC2)cc1)C1CC1. The van der Waals surface area contributed by atoms with Gasteiger partial charge in [-0.25, -0.2) is 16.8 Å². The van der Waals surface area contributed by atoms with Gasteiger partial charge in [-0.1, -0.05) is 0 Å². The number of carbonyl (C=O) groups is 1. The maximum Gasteiger partial charge on any atom is 0.257 e. The molecule has 0 aromatic heterocycles. The minimum absolute atomic E-state index is 0.0605. The summed E-state index contributed by atoms with van der Waals surface area (Å²) in [4.78, 5) is 13.5. The van der Waals surface area contributed by atoms with Crippen LogP contribution >= 0.6 is 0 Å². The fourth-order valence-corrected chi connectivity index (χ4v) is 4.86. The first-order valence-corrected chi connectivity index (χ1v) is 10.6. The number of hydrogen-bond acceptors (Lipinski definition) is 5. The summed E-state index contributed by atoms with van der Waals surface area (Å²) in [7, 11) is -7.51. The van der Waals surface area contributed by atoms with Gasteiger partial charge in [0, 0.05) is 19.0 Å². The van der Waals surface area contributed by atoms with E-state index in [-0.39, 0.29) is 21.6 Å². The Bertz CT molecular complexity index is 824. The first-order valence-electron chi connectivity index (χ1n) is 7.72. The number of hydrazine groups is 1. The van der Waals surface area contributed by atoms with Gasteiger partial charge in [0.25, 0.3) is 10.0 Å². The van der Waals surface area contributed by atoms with E-state index in [9.17, 15) is 21.6 Å². The average molecular weight is 373 g/mol. The number of nitrogens with zero attached hydrogens (tertiary/aromatic N) is 1. The molecule has 1 amide bonds. The van der Waals surface area contributed by atoms with Crippen LogP contribution in [0.1, 0.15) is 25.7 Å². The highest BCUT2D eigenvalue weighted by Gasteiger charge is 2.31. The monoisotopic (exact) mass is 373 g/mol. The van der Waals surface area contributed by atoms with Gasteiger partial charge in [-0.05, 0) is 49.9 Å². The summed E-state index contributed by atoms with van der Waals surface area (Å²) in [6, 6.07) is 4.97. The number of carbonyl (C=O) groups excluding carboxylic acids is 1. The lowest BCUT2D eigenvalue weighted by atomic mass is 10.4. The van der Waals surface area contributed by atoms with Gasteiger partial charge < -0.3 is 0 Å². The summed E-state index contributed by atoms with van der Waals surface area (Å²) >= 11 is 0. The highest BCUT2D eigenvalue weighted by atomic mass is 32.2. The van der Waals surface area contributed by atoms with Crippen LogP contribution in [0.4, 0.5) is 0 Å². The molecule has 24 heavy (non-hydrogen) atoms. The van der Waals surface area contributed by atoms with Gasteiger partial charge in [-0.3, -0.25) is 10.2 Å². The van der Waals surface area contributed by atoms with Crippen molar-refractivity contribution in [3.05, 3.63) is 24.3 Å². The Morgan fingerprint density at radius 3 is 2.04 bits per heavy atom. The van der Waals surface area contributed by atoms with E-state index in [0.29, 0.717) is 13.1 Å². The number of nitrogens with one attached hydrogen (secondary N) is 2. The molecule has 1 saturated carbocycles. The van der Waals surface area contributed by atoms with Gasteiger partial charge in [0.05, 0.1) is 9.79 Å². The first kappa shape index (κ1) is 17.3. The molecule has 10 heteroatoms. The van der Waals surface area contributed by atoms with Crippen LogP contribution in [-0.2, 0) is 24.8 Å². The van der Waals surface area contributed by atoms with Crippen LogP contribution in [0.5, 0.6) is 0 Å². The van der Waals surface area contributed by atoms with Crippen LogP contribution in [0, 0.1) is 5.92 Å². The third-order valence-electron chi connectivity index (χ3n) is 4.09. The normalized spacial score (nSPS) is 19.3. The third-order valence-corrected chi connectivity index (χ3v) is 7.27. The fourth-order valence-electron chi connectivity index (χ4n) is 2.49. The van der Waals surface area contributed by atoms with Gasteiger partial charge in [-0.15, -0.1) is 4.83 Å². The molecule has 8 nitrogen and oxygen atoms in total. The van der Waals surface area contributed by atoms with E-state index in [2.05, 4.69) is 5.43 Å². The second kappa shape index (κ2) is 6.43. The van der Waals surface area contributed by atoms with Crippen LogP contribution in [0.25, 0.3) is 0 Å². The topological polar surface area (TPSA) is 113 Å². The molecule has 1 saturated heterocycles. The minimum atomic E-state index is -3.93. The van der Waals surface area contributed by atoms with Crippen molar-refractivity contribution < 1.29 is 21.6 Å². The van der Waals surface area contributed by atoms with E-state index in [1.54, 1.807) is 0 Å². The molecule has 0 radical (unpaired) electrons. The molecule has 132 valence electrons. The van der Waals surface area contributed by atoms with Crippen molar-refractivity contribution >= 4 is 26.0 Å². The second-order valence-electron chi connectivity index (χ2n) is 5.95. The van der Waals surface area contributed by atoms with E-state index in [1.807, 2.05) is 4.83 Å². The van der Waals surface area contributed by atoms with Gasteiger partial charge in [0.2, 0.25) is 15.9 Å². The average Bonchev–Trinajstić information content (AvgIpc) is 3.26. The maximum atomic E-state index is 12.4. The predicted octanol–water partition coefficient (Wildman–Crippen LogP) is 0.191. The number of rotatable bonds is 6. The zero-order valence-electron chi connectivity index (χ0n) is 12.9. The summed E-state index contributed by atoms with van der Waals surface area (Å²) < 4.78 is 50.4. The standard InChI is InChI=1S/C14H19N3O5S2/c18-14(11-3-4-11)15-16-23(19,20)12-5-7-13(8-6-12)24(21,22)17-9-1-2-10-17/h5-8,11,16H,1-4,9-10H2,(H,15,18). The third kappa shape index (κ3) is 3.61. The largest absolute Gasteiger partial charge is 0.277 e. The van der Waals surface area contributed by atoms with Crippen molar-refractivity contribution in [1.82, 2.24) is 14.6 Å². The molecule has 0 unspecified atom stereocenters. The van der Waals surface area contributed by atoms with Crippen molar-refractivity contribution in [3.63, 3.8) is 0 Å². The molecule has 1 aliphatic heterocycles.